The largest absolute Gasteiger partial charge is 0.432 e. The van der Waals surface area contributed by atoms with E-state index >= 15 is 0 Å². The molecule has 1 aliphatic carbocycles. The summed E-state index contributed by atoms with van der Waals surface area (Å²) in [5.41, 5.74) is -1.34. The molecule has 3 nitrogen and oxygen atoms in total. The van der Waals surface area contributed by atoms with Crippen molar-refractivity contribution in [3.63, 3.8) is 0 Å². The van der Waals surface area contributed by atoms with Crippen molar-refractivity contribution >= 4 is 7.48 Å². The third-order valence-electron chi connectivity index (χ3n) is 4.38. The van der Waals surface area contributed by atoms with Gasteiger partial charge in [0.1, 0.15) is 0 Å². The molecule has 0 unspecified atom stereocenters. The van der Waals surface area contributed by atoms with Gasteiger partial charge in [0.05, 0.1) is 11.2 Å². The molecule has 0 heterocycles. The number of aliphatic hydroxyl groups is 2. The van der Waals surface area contributed by atoms with Crippen molar-refractivity contribution in [3.8, 4) is 0 Å². The molecule has 1 fully saturated rings. The molecule has 1 rings (SSSR count). The highest BCUT2D eigenvalue weighted by molar-refractivity contribution is 6.29. The van der Waals surface area contributed by atoms with Crippen LogP contribution in [0.15, 0.2) is 0 Å². The Bertz CT molecular complexity index is 227. The van der Waals surface area contributed by atoms with Gasteiger partial charge < -0.3 is 14.9 Å². The quantitative estimate of drug-likeness (QED) is 0.723. The Morgan fingerprint density at radius 1 is 1.12 bits per heavy atom. The van der Waals surface area contributed by atoms with E-state index in [1.165, 1.54) is 0 Å². The summed E-state index contributed by atoms with van der Waals surface area (Å²) in [4.78, 5) is 0. The number of rotatable bonds is 5. The molecule has 1 saturated carbocycles. The summed E-state index contributed by atoms with van der Waals surface area (Å²) >= 11 is 0. The van der Waals surface area contributed by atoms with Gasteiger partial charge >= 0.3 is 0 Å². The average molecular weight is 242 g/mol. The lowest BCUT2D eigenvalue weighted by molar-refractivity contribution is -0.0913. The molecule has 1 aliphatic rings. The van der Waals surface area contributed by atoms with Gasteiger partial charge in [-0.15, -0.1) is 0 Å². The topological polar surface area (TPSA) is 49.7 Å². The summed E-state index contributed by atoms with van der Waals surface area (Å²) < 4.78 is 5.89. The molecule has 2 N–H and O–H groups in total. The zero-order chi connectivity index (χ0) is 13.1. The van der Waals surface area contributed by atoms with Crippen molar-refractivity contribution in [2.75, 3.05) is 6.61 Å². The van der Waals surface area contributed by atoms with Gasteiger partial charge in [-0.2, -0.15) is 0 Å². The van der Waals surface area contributed by atoms with Crippen LogP contribution < -0.4 is 0 Å². The molecular weight excluding hydrogens is 215 g/mol. The van der Waals surface area contributed by atoms with Gasteiger partial charge in [0, 0.05) is 6.61 Å². The maximum atomic E-state index is 10.00. The Balaban J connectivity index is 2.33. The van der Waals surface area contributed by atoms with E-state index < -0.39 is 11.2 Å². The SMILES string of the molecule is CC(C)(O)C(C)(C)OBC1CCC(CO)CC1. The van der Waals surface area contributed by atoms with E-state index in [4.69, 9.17) is 9.76 Å². The second-order valence-corrected chi connectivity index (χ2v) is 6.45. The van der Waals surface area contributed by atoms with Crippen molar-refractivity contribution < 1.29 is 14.9 Å². The summed E-state index contributed by atoms with van der Waals surface area (Å²) in [5, 5.41) is 19.1. The molecule has 0 saturated heterocycles. The first-order valence-corrected chi connectivity index (χ1v) is 6.73. The fourth-order valence-corrected chi connectivity index (χ4v) is 2.08. The summed E-state index contributed by atoms with van der Waals surface area (Å²) in [6.45, 7) is 7.77. The fraction of sp³-hybridized carbons (Fsp3) is 1.00. The van der Waals surface area contributed by atoms with Gasteiger partial charge in [-0.1, -0.05) is 12.8 Å². The monoisotopic (exact) mass is 242 g/mol. The molecule has 0 aromatic rings. The Hall–Kier alpha value is -0.0551. The molecule has 0 radical (unpaired) electrons. The highest BCUT2D eigenvalue weighted by Gasteiger charge is 2.36. The molecular formula is C13H27BO3. The number of hydrogen-bond donors (Lipinski definition) is 2. The fourth-order valence-electron chi connectivity index (χ4n) is 2.08. The number of aliphatic hydroxyl groups excluding tert-OH is 1. The summed E-state index contributed by atoms with van der Waals surface area (Å²) in [6.07, 6.45) is 4.47. The predicted octanol–water partition coefficient (Wildman–Crippen LogP) is 1.87. The molecule has 0 bridgehead atoms. The Labute approximate surface area is 106 Å². The lowest BCUT2D eigenvalue weighted by Gasteiger charge is -2.39. The van der Waals surface area contributed by atoms with E-state index in [1.54, 1.807) is 13.8 Å². The van der Waals surface area contributed by atoms with E-state index in [2.05, 4.69) is 0 Å². The van der Waals surface area contributed by atoms with Gasteiger partial charge in [-0.05, 0) is 52.3 Å². The molecule has 4 heteroatoms. The third-order valence-corrected chi connectivity index (χ3v) is 4.38. The number of hydrogen-bond acceptors (Lipinski definition) is 3. The average Bonchev–Trinajstić information content (AvgIpc) is 2.25. The molecule has 0 aliphatic heterocycles. The highest BCUT2D eigenvalue weighted by atomic mass is 16.5. The van der Waals surface area contributed by atoms with E-state index in [1.807, 2.05) is 13.8 Å². The van der Waals surface area contributed by atoms with Crippen LogP contribution in [-0.4, -0.2) is 35.5 Å². The zero-order valence-electron chi connectivity index (χ0n) is 11.7. The van der Waals surface area contributed by atoms with Crippen LogP contribution in [0.4, 0.5) is 0 Å². The third kappa shape index (κ3) is 4.27. The van der Waals surface area contributed by atoms with Crippen LogP contribution in [-0.2, 0) is 4.65 Å². The molecule has 17 heavy (non-hydrogen) atoms. The van der Waals surface area contributed by atoms with E-state index in [0.717, 1.165) is 33.2 Å². The molecule has 0 atom stereocenters. The van der Waals surface area contributed by atoms with Crippen LogP contribution >= 0.6 is 0 Å². The molecule has 0 spiro atoms. The smallest absolute Gasteiger partial charge is 0.278 e. The maximum absolute atomic E-state index is 10.00. The Morgan fingerprint density at radius 3 is 2.06 bits per heavy atom. The van der Waals surface area contributed by atoms with Crippen LogP contribution in [0.3, 0.4) is 0 Å². The predicted molar refractivity (Wildman–Crippen MR) is 71.4 cm³/mol. The maximum Gasteiger partial charge on any atom is 0.278 e. The lowest BCUT2D eigenvalue weighted by atomic mass is 9.67. The van der Waals surface area contributed by atoms with Crippen molar-refractivity contribution in [2.24, 2.45) is 5.92 Å². The van der Waals surface area contributed by atoms with E-state index in [-0.39, 0.29) is 0 Å². The molecule has 0 aromatic heterocycles. The van der Waals surface area contributed by atoms with Crippen LogP contribution in [0.5, 0.6) is 0 Å². The Kier molecular flexibility index (Phi) is 5.05. The minimum atomic E-state index is -0.824. The van der Waals surface area contributed by atoms with E-state index in [9.17, 15) is 5.11 Å². The first-order valence-electron chi connectivity index (χ1n) is 6.73. The summed E-state index contributed by atoms with van der Waals surface area (Å²) in [6, 6.07) is 0. The minimum absolute atomic E-state index is 0.322. The molecule has 100 valence electrons. The van der Waals surface area contributed by atoms with Crippen LogP contribution in [0.1, 0.15) is 53.4 Å². The second-order valence-electron chi connectivity index (χ2n) is 6.45. The summed E-state index contributed by atoms with van der Waals surface area (Å²) in [7, 11) is 0.717. The van der Waals surface area contributed by atoms with Crippen molar-refractivity contribution in [3.05, 3.63) is 0 Å². The van der Waals surface area contributed by atoms with Crippen LogP contribution in [0, 0.1) is 5.92 Å². The first-order chi connectivity index (χ1) is 7.76. The normalized spacial score (nSPS) is 26.9. The van der Waals surface area contributed by atoms with Gasteiger partial charge in [-0.25, -0.2) is 0 Å². The second kappa shape index (κ2) is 5.72. The highest BCUT2D eigenvalue weighted by Crippen LogP contribution is 2.34. The van der Waals surface area contributed by atoms with Crippen LogP contribution in [0.2, 0.25) is 5.82 Å². The van der Waals surface area contributed by atoms with Crippen molar-refractivity contribution in [2.45, 2.75) is 70.4 Å². The van der Waals surface area contributed by atoms with Gasteiger partial charge in [-0.3, -0.25) is 0 Å². The molecule has 0 amide bonds. The minimum Gasteiger partial charge on any atom is -0.432 e. The van der Waals surface area contributed by atoms with Crippen molar-refractivity contribution in [1.82, 2.24) is 0 Å². The lowest BCUT2D eigenvalue weighted by Crippen LogP contribution is -2.48. The van der Waals surface area contributed by atoms with Crippen LogP contribution in [0.25, 0.3) is 0 Å². The summed E-state index contributed by atoms with van der Waals surface area (Å²) in [5.74, 6) is 1.08. The standard InChI is InChI=1S/C13H27BO3/c1-12(2,16)13(3,4)17-14-11-7-5-10(9-15)6-8-11/h10-11,14-16H,5-9H2,1-4H3. The van der Waals surface area contributed by atoms with Gasteiger partial charge in [0.15, 0.2) is 0 Å². The zero-order valence-corrected chi connectivity index (χ0v) is 11.7. The Morgan fingerprint density at radius 2 is 1.65 bits per heavy atom. The van der Waals surface area contributed by atoms with Gasteiger partial charge in [0.2, 0.25) is 0 Å². The first kappa shape index (κ1) is 15.0. The van der Waals surface area contributed by atoms with Crippen molar-refractivity contribution in [1.29, 1.82) is 0 Å². The molecule has 0 aromatic carbocycles. The van der Waals surface area contributed by atoms with Gasteiger partial charge in [0.25, 0.3) is 7.48 Å². The van der Waals surface area contributed by atoms with E-state index in [0.29, 0.717) is 18.3 Å².